The Morgan fingerprint density at radius 1 is 0.422 bits per heavy atom. The van der Waals surface area contributed by atoms with Crippen molar-refractivity contribution < 1.29 is 8.83 Å². The number of aryl methyl sites for hydroxylation is 1. The van der Waals surface area contributed by atoms with Gasteiger partial charge in [0.25, 0.3) is 0 Å². The normalized spacial score (nSPS) is 11.7. The largest absolute Gasteiger partial charge is 0.456 e. The molecule has 9 aromatic rings. The number of rotatable bonds is 4. The zero-order valence-electron chi connectivity index (χ0n) is 24.4. The molecule has 0 spiro atoms. The fourth-order valence-corrected chi connectivity index (χ4v) is 6.25. The van der Waals surface area contributed by atoms with Gasteiger partial charge < -0.3 is 8.83 Å². The molecule has 0 saturated carbocycles. The monoisotopic (exact) mass is 579 g/mol. The van der Waals surface area contributed by atoms with Crippen LogP contribution in [0.1, 0.15) is 5.56 Å². The van der Waals surface area contributed by atoms with Gasteiger partial charge in [-0.25, -0.2) is 15.0 Å². The molecular weight excluding hydrogens is 554 g/mol. The molecule has 0 N–H and O–H groups in total. The summed E-state index contributed by atoms with van der Waals surface area (Å²) >= 11 is 0. The van der Waals surface area contributed by atoms with E-state index in [0.717, 1.165) is 71.7 Å². The Kier molecular flexibility index (Phi) is 5.65. The molecule has 0 radical (unpaired) electrons. The second kappa shape index (κ2) is 10.00. The van der Waals surface area contributed by atoms with Crippen molar-refractivity contribution in [2.45, 2.75) is 6.92 Å². The van der Waals surface area contributed by atoms with Crippen molar-refractivity contribution in [1.29, 1.82) is 0 Å². The summed E-state index contributed by atoms with van der Waals surface area (Å²) in [4.78, 5) is 15.0. The van der Waals surface area contributed by atoms with E-state index in [2.05, 4.69) is 67.6 Å². The summed E-state index contributed by atoms with van der Waals surface area (Å²) < 4.78 is 12.8. The maximum absolute atomic E-state index is 6.42. The first-order valence-corrected chi connectivity index (χ1v) is 14.9. The van der Waals surface area contributed by atoms with Crippen molar-refractivity contribution in [2.75, 3.05) is 0 Å². The molecule has 5 heteroatoms. The predicted molar refractivity (Wildman–Crippen MR) is 181 cm³/mol. The third kappa shape index (κ3) is 4.20. The number of nitrogens with zero attached hydrogens (tertiary/aromatic N) is 3. The lowest BCUT2D eigenvalue weighted by atomic mass is 9.99. The molecule has 212 valence electrons. The number of fused-ring (bicyclic) bond motifs is 6. The molecule has 3 aromatic heterocycles. The molecule has 45 heavy (non-hydrogen) atoms. The standard InChI is InChI=1S/C40H25N3O2/c1-24-18-21-33-32(22-24)29-15-8-16-31(37(29)45-33)40-42-38(26-12-6-3-7-13-26)41-39(43-40)27-19-20-30-35(23-27)44-34-17-9-14-28(36(30)34)25-10-4-2-5-11-25/h2-23H,1H3. The van der Waals surface area contributed by atoms with Crippen LogP contribution in [-0.2, 0) is 0 Å². The van der Waals surface area contributed by atoms with Gasteiger partial charge in [0.15, 0.2) is 17.5 Å². The highest BCUT2D eigenvalue weighted by molar-refractivity contribution is 6.13. The summed E-state index contributed by atoms with van der Waals surface area (Å²) in [5, 5.41) is 4.26. The Morgan fingerprint density at radius 3 is 1.96 bits per heavy atom. The van der Waals surface area contributed by atoms with Crippen molar-refractivity contribution in [3.8, 4) is 45.3 Å². The smallest absolute Gasteiger partial charge is 0.167 e. The van der Waals surface area contributed by atoms with Crippen LogP contribution in [0.3, 0.4) is 0 Å². The second-order valence-electron chi connectivity index (χ2n) is 11.3. The number of benzene rings is 6. The summed E-state index contributed by atoms with van der Waals surface area (Å²) in [6, 6.07) is 45.2. The molecule has 0 aliphatic heterocycles. The highest BCUT2D eigenvalue weighted by Crippen LogP contribution is 2.39. The van der Waals surface area contributed by atoms with E-state index in [1.165, 1.54) is 5.56 Å². The summed E-state index contributed by atoms with van der Waals surface area (Å²) in [7, 11) is 0. The van der Waals surface area contributed by atoms with Crippen LogP contribution in [0.2, 0.25) is 0 Å². The van der Waals surface area contributed by atoms with Crippen molar-refractivity contribution in [1.82, 2.24) is 15.0 Å². The molecular formula is C40H25N3O2. The zero-order chi connectivity index (χ0) is 29.9. The second-order valence-corrected chi connectivity index (χ2v) is 11.3. The van der Waals surface area contributed by atoms with Crippen LogP contribution in [0.25, 0.3) is 89.2 Å². The van der Waals surface area contributed by atoms with Gasteiger partial charge >= 0.3 is 0 Å². The van der Waals surface area contributed by atoms with E-state index in [0.29, 0.717) is 17.5 Å². The number of hydrogen-bond acceptors (Lipinski definition) is 5. The van der Waals surface area contributed by atoms with E-state index in [1.807, 2.05) is 72.8 Å². The van der Waals surface area contributed by atoms with Crippen LogP contribution in [-0.4, -0.2) is 15.0 Å². The fourth-order valence-electron chi connectivity index (χ4n) is 6.25. The molecule has 0 bridgehead atoms. The summed E-state index contributed by atoms with van der Waals surface area (Å²) in [6.07, 6.45) is 0. The van der Waals surface area contributed by atoms with Gasteiger partial charge in [-0.05, 0) is 54.4 Å². The quantitative estimate of drug-likeness (QED) is 0.207. The van der Waals surface area contributed by atoms with Crippen LogP contribution < -0.4 is 0 Å². The van der Waals surface area contributed by atoms with Crippen molar-refractivity contribution >= 4 is 43.9 Å². The van der Waals surface area contributed by atoms with Gasteiger partial charge in [0.1, 0.15) is 22.3 Å². The van der Waals surface area contributed by atoms with Crippen LogP contribution in [0, 0.1) is 6.92 Å². The van der Waals surface area contributed by atoms with Crippen LogP contribution in [0.4, 0.5) is 0 Å². The predicted octanol–water partition coefficient (Wildman–Crippen LogP) is 10.6. The number of hydrogen-bond donors (Lipinski definition) is 0. The first-order valence-electron chi connectivity index (χ1n) is 14.9. The minimum absolute atomic E-state index is 0.552. The minimum atomic E-state index is 0.552. The lowest BCUT2D eigenvalue weighted by molar-refractivity contribution is 0.668. The van der Waals surface area contributed by atoms with Crippen molar-refractivity contribution in [3.05, 3.63) is 139 Å². The third-order valence-electron chi connectivity index (χ3n) is 8.40. The van der Waals surface area contributed by atoms with Crippen LogP contribution in [0.15, 0.2) is 142 Å². The number of furan rings is 2. The first kappa shape index (κ1) is 25.4. The van der Waals surface area contributed by atoms with E-state index in [-0.39, 0.29) is 0 Å². The topological polar surface area (TPSA) is 65.0 Å². The SMILES string of the molecule is Cc1ccc2oc3c(-c4nc(-c5ccccc5)nc(-c5ccc6c(c5)oc5cccc(-c7ccccc7)c56)n4)cccc3c2c1. The molecule has 0 unspecified atom stereocenters. The fraction of sp³-hybridized carbons (Fsp3) is 0.0250. The van der Waals surface area contributed by atoms with Gasteiger partial charge in [0.05, 0.1) is 5.56 Å². The van der Waals surface area contributed by atoms with Crippen molar-refractivity contribution in [3.63, 3.8) is 0 Å². The molecule has 0 atom stereocenters. The lowest BCUT2D eigenvalue weighted by Gasteiger charge is -2.09. The molecule has 0 saturated heterocycles. The Morgan fingerprint density at radius 2 is 1.13 bits per heavy atom. The van der Waals surface area contributed by atoms with Gasteiger partial charge in [-0.1, -0.05) is 103 Å². The van der Waals surface area contributed by atoms with Gasteiger partial charge in [0.2, 0.25) is 0 Å². The van der Waals surface area contributed by atoms with Gasteiger partial charge in [-0.15, -0.1) is 0 Å². The summed E-state index contributed by atoms with van der Waals surface area (Å²) in [5.41, 5.74) is 9.27. The highest BCUT2D eigenvalue weighted by atomic mass is 16.3. The van der Waals surface area contributed by atoms with Gasteiger partial charge in [-0.2, -0.15) is 0 Å². The Balaban J connectivity index is 1.25. The maximum atomic E-state index is 6.42. The summed E-state index contributed by atoms with van der Waals surface area (Å²) in [6.45, 7) is 2.09. The van der Waals surface area contributed by atoms with E-state index in [9.17, 15) is 0 Å². The first-order chi connectivity index (χ1) is 22.2. The van der Waals surface area contributed by atoms with Crippen LogP contribution >= 0.6 is 0 Å². The Hall–Kier alpha value is -6.07. The maximum Gasteiger partial charge on any atom is 0.167 e. The summed E-state index contributed by atoms with van der Waals surface area (Å²) in [5.74, 6) is 1.71. The molecule has 3 heterocycles. The zero-order valence-corrected chi connectivity index (χ0v) is 24.4. The average molecular weight is 580 g/mol. The molecule has 0 aliphatic rings. The van der Waals surface area contributed by atoms with E-state index in [4.69, 9.17) is 23.8 Å². The van der Waals surface area contributed by atoms with Gasteiger partial charge in [0, 0.05) is 32.7 Å². The highest BCUT2D eigenvalue weighted by Gasteiger charge is 2.19. The molecule has 5 nitrogen and oxygen atoms in total. The van der Waals surface area contributed by atoms with Crippen LogP contribution in [0.5, 0.6) is 0 Å². The molecule has 0 fully saturated rings. The molecule has 0 amide bonds. The van der Waals surface area contributed by atoms with E-state index < -0.39 is 0 Å². The number of aromatic nitrogens is 3. The average Bonchev–Trinajstić information content (AvgIpc) is 3.66. The molecule has 0 aliphatic carbocycles. The molecule has 6 aromatic carbocycles. The third-order valence-corrected chi connectivity index (χ3v) is 8.40. The minimum Gasteiger partial charge on any atom is -0.456 e. The number of para-hydroxylation sites is 1. The van der Waals surface area contributed by atoms with Gasteiger partial charge in [-0.3, -0.25) is 0 Å². The van der Waals surface area contributed by atoms with E-state index in [1.54, 1.807) is 0 Å². The Labute approximate surface area is 258 Å². The molecule has 9 rings (SSSR count). The van der Waals surface area contributed by atoms with E-state index >= 15 is 0 Å². The lowest BCUT2D eigenvalue weighted by Crippen LogP contribution is -2.00. The van der Waals surface area contributed by atoms with Crippen molar-refractivity contribution in [2.24, 2.45) is 0 Å². The Bertz CT molecular complexity index is 2550.